The van der Waals surface area contributed by atoms with E-state index < -0.39 is 47.9 Å². The maximum absolute atomic E-state index is 13.1. The number of hydrogen-bond donors (Lipinski definition) is 3. The standard InChI is InChI=1S/C21H28N2O7/c1-29-16(24)13-15(20(27)30-2)22-19(26)17(21(28)11-7-4-8-12-21)23-18(25)14-9-5-3-6-10-14/h3,5-6,9-10,15,17,28H,4,7-8,11-13H2,1-2H3,(H,22,26)(H,23,25)/t15-,17+/m0/s1. The van der Waals surface area contributed by atoms with E-state index in [9.17, 15) is 24.3 Å². The average Bonchev–Trinajstić information content (AvgIpc) is 2.76. The Kier molecular flexibility index (Phi) is 8.35. The average molecular weight is 420 g/mol. The maximum atomic E-state index is 13.1. The van der Waals surface area contributed by atoms with Gasteiger partial charge in [-0.3, -0.25) is 14.4 Å². The highest BCUT2D eigenvalue weighted by Gasteiger charge is 2.44. The van der Waals surface area contributed by atoms with Crippen LogP contribution < -0.4 is 10.6 Å². The molecule has 0 aromatic heterocycles. The van der Waals surface area contributed by atoms with Crippen molar-refractivity contribution in [3.8, 4) is 0 Å². The van der Waals surface area contributed by atoms with Gasteiger partial charge in [-0.05, 0) is 25.0 Å². The van der Waals surface area contributed by atoms with Crippen LogP contribution in [0.25, 0.3) is 0 Å². The molecule has 1 aliphatic rings. The second-order valence-electron chi connectivity index (χ2n) is 7.30. The van der Waals surface area contributed by atoms with Crippen molar-refractivity contribution in [2.24, 2.45) is 0 Å². The molecule has 1 fully saturated rings. The molecule has 2 rings (SSSR count). The van der Waals surface area contributed by atoms with Crippen LogP contribution in [0.15, 0.2) is 30.3 Å². The quantitative estimate of drug-likeness (QED) is 0.528. The molecule has 2 atom stereocenters. The van der Waals surface area contributed by atoms with E-state index in [4.69, 9.17) is 0 Å². The number of amides is 2. The van der Waals surface area contributed by atoms with Crippen LogP contribution in [0.2, 0.25) is 0 Å². The Morgan fingerprint density at radius 2 is 1.63 bits per heavy atom. The molecule has 1 aromatic carbocycles. The lowest BCUT2D eigenvalue weighted by atomic mass is 9.78. The van der Waals surface area contributed by atoms with E-state index in [0.717, 1.165) is 20.6 Å². The largest absolute Gasteiger partial charge is 0.469 e. The van der Waals surface area contributed by atoms with Crippen molar-refractivity contribution in [1.29, 1.82) is 0 Å². The van der Waals surface area contributed by atoms with Gasteiger partial charge in [0.15, 0.2) is 0 Å². The summed E-state index contributed by atoms with van der Waals surface area (Å²) >= 11 is 0. The molecule has 0 radical (unpaired) electrons. The van der Waals surface area contributed by atoms with E-state index in [1.54, 1.807) is 30.3 Å². The molecule has 9 nitrogen and oxygen atoms in total. The Bertz CT molecular complexity index is 760. The second-order valence-corrected chi connectivity index (χ2v) is 7.30. The number of rotatable bonds is 8. The zero-order valence-electron chi connectivity index (χ0n) is 17.2. The number of nitrogens with one attached hydrogen (secondary N) is 2. The maximum Gasteiger partial charge on any atom is 0.328 e. The highest BCUT2D eigenvalue weighted by molar-refractivity contribution is 5.99. The fraction of sp³-hybridized carbons (Fsp3) is 0.524. The number of carbonyl (C=O) groups is 4. The van der Waals surface area contributed by atoms with E-state index in [1.807, 2.05) is 0 Å². The fourth-order valence-electron chi connectivity index (χ4n) is 3.54. The summed E-state index contributed by atoms with van der Waals surface area (Å²) in [5, 5.41) is 16.2. The van der Waals surface area contributed by atoms with Gasteiger partial charge >= 0.3 is 11.9 Å². The summed E-state index contributed by atoms with van der Waals surface area (Å²) in [5.74, 6) is -2.86. The normalized spacial score (nSPS) is 17.2. The van der Waals surface area contributed by atoms with Gasteiger partial charge in [-0.2, -0.15) is 0 Å². The van der Waals surface area contributed by atoms with Crippen molar-refractivity contribution in [3.63, 3.8) is 0 Å². The van der Waals surface area contributed by atoms with Crippen molar-refractivity contribution in [2.45, 2.75) is 56.2 Å². The predicted molar refractivity (Wildman–Crippen MR) is 106 cm³/mol. The third-order valence-corrected chi connectivity index (χ3v) is 5.23. The SMILES string of the molecule is COC(=O)C[C@H](NC(=O)[C@@H](NC(=O)c1ccccc1)C1(O)CCCCC1)C(=O)OC. The first kappa shape index (κ1) is 23.3. The number of benzene rings is 1. The smallest absolute Gasteiger partial charge is 0.328 e. The molecule has 164 valence electrons. The van der Waals surface area contributed by atoms with Gasteiger partial charge in [-0.25, -0.2) is 4.79 Å². The van der Waals surface area contributed by atoms with Gasteiger partial charge in [0.25, 0.3) is 5.91 Å². The van der Waals surface area contributed by atoms with Crippen molar-refractivity contribution >= 4 is 23.8 Å². The molecule has 9 heteroatoms. The van der Waals surface area contributed by atoms with Crippen LogP contribution in [0.5, 0.6) is 0 Å². The minimum atomic E-state index is -1.47. The fourth-order valence-corrected chi connectivity index (χ4v) is 3.54. The minimum Gasteiger partial charge on any atom is -0.469 e. The summed E-state index contributed by atoms with van der Waals surface area (Å²) in [4.78, 5) is 49.4. The molecule has 1 aliphatic carbocycles. The molecule has 3 N–H and O–H groups in total. The molecule has 1 saturated carbocycles. The number of ether oxygens (including phenoxy) is 2. The third-order valence-electron chi connectivity index (χ3n) is 5.23. The van der Waals surface area contributed by atoms with Crippen molar-refractivity contribution < 1.29 is 33.8 Å². The number of aliphatic hydroxyl groups is 1. The first-order valence-electron chi connectivity index (χ1n) is 9.84. The monoisotopic (exact) mass is 420 g/mol. The Morgan fingerprint density at radius 3 is 2.20 bits per heavy atom. The Balaban J connectivity index is 2.25. The molecular formula is C21H28N2O7. The first-order chi connectivity index (χ1) is 14.3. The van der Waals surface area contributed by atoms with Gasteiger partial charge in [-0.15, -0.1) is 0 Å². The van der Waals surface area contributed by atoms with Crippen LogP contribution in [0.3, 0.4) is 0 Å². The molecule has 0 aliphatic heterocycles. The first-order valence-corrected chi connectivity index (χ1v) is 9.84. The zero-order chi connectivity index (χ0) is 22.1. The van der Waals surface area contributed by atoms with Gasteiger partial charge in [0.2, 0.25) is 5.91 Å². The Hall–Kier alpha value is -2.94. The number of methoxy groups -OCH3 is 2. The van der Waals surface area contributed by atoms with Gasteiger partial charge < -0.3 is 25.2 Å². The lowest BCUT2D eigenvalue weighted by molar-refractivity contribution is -0.151. The number of carbonyl (C=O) groups excluding carboxylic acids is 4. The van der Waals surface area contributed by atoms with Gasteiger partial charge in [0.05, 0.1) is 26.2 Å². The van der Waals surface area contributed by atoms with E-state index in [1.165, 1.54) is 0 Å². The molecule has 30 heavy (non-hydrogen) atoms. The van der Waals surface area contributed by atoms with Crippen LogP contribution in [-0.4, -0.2) is 60.8 Å². The molecule has 0 spiro atoms. The van der Waals surface area contributed by atoms with Crippen LogP contribution >= 0.6 is 0 Å². The highest BCUT2D eigenvalue weighted by atomic mass is 16.5. The van der Waals surface area contributed by atoms with Crippen molar-refractivity contribution in [1.82, 2.24) is 10.6 Å². The van der Waals surface area contributed by atoms with Gasteiger partial charge in [0, 0.05) is 5.56 Å². The molecule has 1 aromatic rings. The van der Waals surface area contributed by atoms with Gasteiger partial charge in [0.1, 0.15) is 12.1 Å². The summed E-state index contributed by atoms with van der Waals surface area (Å²) in [7, 11) is 2.29. The highest BCUT2D eigenvalue weighted by Crippen LogP contribution is 2.31. The van der Waals surface area contributed by atoms with Crippen LogP contribution in [0.4, 0.5) is 0 Å². The molecular weight excluding hydrogens is 392 g/mol. The van der Waals surface area contributed by atoms with Gasteiger partial charge in [-0.1, -0.05) is 37.5 Å². The van der Waals surface area contributed by atoms with E-state index >= 15 is 0 Å². The summed E-state index contributed by atoms with van der Waals surface area (Å²) in [6.07, 6.45) is 2.51. The lowest BCUT2D eigenvalue weighted by Gasteiger charge is -2.39. The van der Waals surface area contributed by atoms with Crippen molar-refractivity contribution in [2.75, 3.05) is 14.2 Å². The Labute approximate surface area is 175 Å². The molecule has 2 amide bonds. The lowest BCUT2D eigenvalue weighted by Crippen LogP contribution is -2.62. The molecule has 0 heterocycles. The second kappa shape index (κ2) is 10.7. The zero-order valence-corrected chi connectivity index (χ0v) is 17.2. The topological polar surface area (TPSA) is 131 Å². The van der Waals surface area contributed by atoms with Crippen LogP contribution in [0, 0.1) is 0 Å². The molecule has 0 saturated heterocycles. The van der Waals surface area contributed by atoms with E-state index in [2.05, 4.69) is 20.1 Å². The summed E-state index contributed by atoms with van der Waals surface area (Å²) in [5.41, 5.74) is -1.15. The van der Waals surface area contributed by atoms with E-state index in [-0.39, 0.29) is 0 Å². The summed E-state index contributed by atoms with van der Waals surface area (Å²) < 4.78 is 9.21. The Morgan fingerprint density at radius 1 is 1.00 bits per heavy atom. The van der Waals surface area contributed by atoms with E-state index in [0.29, 0.717) is 31.2 Å². The number of esters is 2. The predicted octanol–water partition coefficient (Wildman–Crippen LogP) is 0.701. The van der Waals surface area contributed by atoms with Crippen LogP contribution in [-0.2, 0) is 23.9 Å². The summed E-state index contributed by atoms with van der Waals surface area (Å²) in [6.45, 7) is 0. The third kappa shape index (κ3) is 6.03. The number of hydrogen-bond acceptors (Lipinski definition) is 7. The minimum absolute atomic E-state index is 0.319. The molecule has 0 unspecified atom stereocenters. The van der Waals surface area contributed by atoms with Crippen molar-refractivity contribution in [3.05, 3.63) is 35.9 Å². The van der Waals surface area contributed by atoms with Crippen LogP contribution in [0.1, 0.15) is 48.9 Å². The molecule has 0 bridgehead atoms. The summed E-state index contributed by atoms with van der Waals surface area (Å²) in [6, 6.07) is 5.68.